The Bertz CT molecular complexity index is 2830. The number of carboxylic acid groups (broad SMARTS) is 1. The maximum atomic E-state index is 14.3. The van der Waals surface area contributed by atoms with Crippen molar-refractivity contribution in [2.24, 2.45) is 39.9 Å². The maximum Gasteiger partial charge on any atom is 0.490 e. The number of carbonyl (C=O) groups is 11. The number of nitrogens with two attached hydrogens (primary N) is 3. The topological polar surface area (TPSA) is 443 Å². The van der Waals surface area contributed by atoms with Gasteiger partial charge in [0, 0.05) is 12.5 Å². The van der Waals surface area contributed by atoms with Gasteiger partial charge in [0.25, 0.3) is 0 Å². The van der Waals surface area contributed by atoms with Crippen LogP contribution < -0.4 is 59.7 Å². The number of carbonyl (C=O) groups excluding carboxylic acids is 10. The molecule has 89 heavy (non-hydrogen) atoms. The van der Waals surface area contributed by atoms with E-state index in [0.717, 1.165) is 29.2 Å². The van der Waals surface area contributed by atoms with Crippen molar-refractivity contribution in [1.82, 2.24) is 42.5 Å². The van der Waals surface area contributed by atoms with Gasteiger partial charge in [-0.2, -0.15) is 26.3 Å². The number of nitrogens with zero attached hydrogens (tertiary/aromatic N) is 1. The molecule has 0 unspecified atom stereocenters. The number of halogens is 6. The molecule has 34 heteroatoms. The molecule has 0 aliphatic heterocycles. The molecule has 0 aromatic heterocycles. The van der Waals surface area contributed by atoms with Gasteiger partial charge in [-0.1, -0.05) is 96.5 Å². The summed E-state index contributed by atoms with van der Waals surface area (Å²) in [5.41, 5.74) is 20.2. The number of aliphatic carboxylic acids is 1. The highest BCUT2D eigenvalue weighted by atomic mass is 19.4. The summed E-state index contributed by atoms with van der Waals surface area (Å²) in [7, 11) is 0. The molecule has 2 aromatic rings. The highest BCUT2D eigenvalue weighted by molar-refractivity contribution is 5.98. The number of hydrogen-bond donors (Lipinski definition) is 13. The number of guanidine groups is 1. The van der Waals surface area contributed by atoms with Crippen molar-refractivity contribution in [1.29, 1.82) is 0 Å². The van der Waals surface area contributed by atoms with Gasteiger partial charge in [-0.05, 0) is 66.2 Å². The minimum absolute atomic E-state index is 0.00682. The molecule has 28 nitrogen and oxygen atoms in total. The fourth-order valence-electron chi connectivity index (χ4n) is 8.74. The zero-order chi connectivity index (χ0) is 67.2. The number of ether oxygens (including phenoxy) is 3. The summed E-state index contributed by atoms with van der Waals surface area (Å²) in [6.07, 6.45) is -16.2. The average Bonchev–Trinajstić information content (AvgIpc) is 2.02. The Hall–Kier alpha value is -8.82. The number of alkyl halides is 6. The second-order valence-electron chi connectivity index (χ2n) is 21.5. The molecule has 16 N–H and O–H groups in total. The first kappa shape index (κ1) is 74.4. The summed E-state index contributed by atoms with van der Waals surface area (Å²) in [6.45, 7) is 6.08. The molecule has 1 aliphatic carbocycles. The molecular formula is C55H76F6N12O16. The van der Waals surface area contributed by atoms with Gasteiger partial charge >= 0.3 is 36.4 Å². The summed E-state index contributed by atoms with van der Waals surface area (Å²) in [4.78, 5) is 149. The van der Waals surface area contributed by atoms with E-state index in [-0.39, 0.29) is 50.7 Å². The zero-order valence-electron chi connectivity index (χ0n) is 49.5. The molecule has 0 saturated carbocycles. The van der Waals surface area contributed by atoms with Crippen LogP contribution >= 0.6 is 0 Å². The Labute approximate surface area is 506 Å². The second kappa shape index (κ2) is 34.1. The lowest BCUT2D eigenvalue weighted by Crippen LogP contribution is -2.62. The van der Waals surface area contributed by atoms with Crippen molar-refractivity contribution in [3.63, 3.8) is 0 Å². The van der Waals surface area contributed by atoms with Crippen LogP contribution in [0.1, 0.15) is 91.2 Å². The number of alkyl carbamates (subject to hydrolysis) is 1. The molecule has 0 spiro atoms. The van der Waals surface area contributed by atoms with Crippen LogP contribution in [0.15, 0.2) is 53.5 Å². The van der Waals surface area contributed by atoms with E-state index < -0.39 is 170 Å². The van der Waals surface area contributed by atoms with Gasteiger partial charge in [-0.25, -0.2) is 19.2 Å². The summed E-state index contributed by atoms with van der Waals surface area (Å²) in [5, 5.41) is 37.6. The van der Waals surface area contributed by atoms with Gasteiger partial charge in [0.05, 0.1) is 19.2 Å². The van der Waals surface area contributed by atoms with Gasteiger partial charge < -0.3 is 84.2 Å². The molecule has 10 atom stereocenters. The van der Waals surface area contributed by atoms with Crippen LogP contribution in [0, 0.1) is 17.8 Å². The van der Waals surface area contributed by atoms with Gasteiger partial charge in [-0.15, -0.1) is 0 Å². The third-order valence-electron chi connectivity index (χ3n) is 13.7. The Balaban J connectivity index is 1.93. The third kappa shape index (κ3) is 23.3. The van der Waals surface area contributed by atoms with E-state index in [1.165, 1.54) is 6.92 Å². The van der Waals surface area contributed by atoms with Crippen LogP contribution in [-0.4, -0.2) is 181 Å². The van der Waals surface area contributed by atoms with E-state index in [4.69, 9.17) is 21.9 Å². The lowest BCUT2D eigenvalue weighted by atomic mass is 9.96. The number of esters is 2. The van der Waals surface area contributed by atoms with E-state index in [0.29, 0.717) is 0 Å². The number of amides is 8. The summed E-state index contributed by atoms with van der Waals surface area (Å²) >= 11 is 0. The number of aliphatic hydroxyl groups excluding tert-OH is 1. The first-order valence-corrected chi connectivity index (χ1v) is 27.9. The van der Waals surface area contributed by atoms with E-state index in [1.54, 1.807) is 76.3 Å². The molecule has 0 heterocycles. The lowest BCUT2D eigenvalue weighted by Gasteiger charge is -2.30. The molecule has 1 aliphatic rings. The highest BCUT2D eigenvalue weighted by Gasteiger charge is 2.45. The smallest absolute Gasteiger partial charge is 0.480 e. The fraction of sp³-hybridized carbons (Fsp3) is 0.564. The highest BCUT2D eigenvalue weighted by Crippen LogP contribution is 2.44. The van der Waals surface area contributed by atoms with Crippen molar-refractivity contribution >= 4 is 71.3 Å². The number of aliphatic imine (C=N–C) groups is 1. The third-order valence-corrected chi connectivity index (χ3v) is 13.7. The van der Waals surface area contributed by atoms with E-state index in [1.807, 2.05) is 22.8 Å². The number of benzene rings is 2. The first-order valence-electron chi connectivity index (χ1n) is 27.9. The van der Waals surface area contributed by atoms with E-state index >= 15 is 0 Å². The summed E-state index contributed by atoms with van der Waals surface area (Å²) < 4.78 is 93.2. The van der Waals surface area contributed by atoms with E-state index in [2.05, 4.69) is 41.1 Å². The SMILES string of the molecule is CC[C@H](C)[C@H](NC(=O)[C@@H](CCCN=C(N)N)NC(=O)[C@H](CC(C)C)NC(=O)[C@@H](N)[C@H](O)C(C)C)C(=O)N[C@H](C(=O)NCC(=O)N[C@@H](CNC(=O)OCC1c2ccccc2-c2ccccc21)C(=O)N[C@@H](COC(=O)C(F)(F)F)C(=O)O)[C@H](C)OC(=O)C(F)(F)F. The van der Waals surface area contributed by atoms with Gasteiger partial charge in [0.1, 0.15) is 55.6 Å². The molecule has 8 amide bonds. The Morgan fingerprint density at radius 2 is 1.17 bits per heavy atom. The van der Waals surface area contributed by atoms with Crippen LogP contribution in [0.2, 0.25) is 0 Å². The van der Waals surface area contributed by atoms with Crippen LogP contribution in [0.25, 0.3) is 11.1 Å². The van der Waals surface area contributed by atoms with Crippen LogP contribution in [0.4, 0.5) is 31.1 Å². The summed E-state index contributed by atoms with van der Waals surface area (Å²) in [5.74, 6) is -18.9. The molecule has 494 valence electrons. The Kier molecular flexibility index (Phi) is 28.5. The quantitative estimate of drug-likeness (QED) is 0.0109. The number of fused-ring (bicyclic) bond motifs is 3. The molecule has 0 bridgehead atoms. The number of nitrogens with one attached hydrogen (secondary N) is 8. The van der Waals surface area contributed by atoms with Gasteiger partial charge in [0.2, 0.25) is 41.4 Å². The van der Waals surface area contributed by atoms with Crippen LogP contribution in [0.3, 0.4) is 0 Å². The summed E-state index contributed by atoms with van der Waals surface area (Å²) in [6, 6.07) is 1.40. The van der Waals surface area contributed by atoms with Crippen molar-refractivity contribution in [2.75, 3.05) is 32.8 Å². The van der Waals surface area contributed by atoms with Crippen molar-refractivity contribution in [3.05, 3.63) is 59.7 Å². The maximum absolute atomic E-state index is 14.3. The van der Waals surface area contributed by atoms with Crippen LogP contribution in [0.5, 0.6) is 0 Å². The fourth-order valence-corrected chi connectivity index (χ4v) is 8.74. The van der Waals surface area contributed by atoms with Crippen molar-refractivity contribution < 1.29 is 104 Å². The van der Waals surface area contributed by atoms with Gasteiger partial charge in [0.15, 0.2) is 12.0 Å². The predicted molar refractivity (Wildman–Crippen MR) is 302 cm³/mol. The first-order chi connectivity index (χ1) is 41.5. The van der Waals surface area contributed by atoms with Crippen molar-refractivity contribution in [3.8, 4) is 11.1 Å². The monoisotopic (exact) mass is 1270 g/mol. The molecule has 2 aromatic carbocycles. The molecular weight excluding hydrogens is 1200 g/mol. The Morgan fingerprint density at radius 3 is 1.70 bits per heavy atom. The number of hydrogen-bond acceptors (Lipinski definition) is 17. The normalized spacial score (nSPS) is 15.4. The lowest BCUT2D eigenvalue weighted by molar-refractivity contribution is -0.205. The van der Waals surface area contributed by atoms with E-state index in [9.17, 15) is 89.3 Å². The van der Waals surface area contributed by atoms with Crippen molar-refractivity contribution in [2.45, 2.75) is 147 Å². The number of carboxylic acids is 1. The molecule has 0 radical (unpaired) electrons. The zero-order valence-corrected chi connectivity index (χ0v) is 49.5. The number of rotatable bonds is 33. The molecule has 0 fully saturated rings. The molecule has 0 saturated heterocycles. The van der Waals surface area contributed by atoms with Crippen LogP contribution in [-0.2, 0) is 62.2 Å². The minimum Gasteiger partial charge on any atom is -0.480 e. The number of aliphatic hydroxyl groups is 1. The molecule has 3 rings (SSSR count). The Morgan fingerprint density at radius 1 is 0.640 bits per heavy atom. The predicted octanol–water partition coefficient (Wildman–Crippen LogP) is -0.276. The standard InChI is InChI=1S/C55H76F6N12O16/c1-8-27(6)40(72-43(76)34(18-13-19-65-52(63)64)69-44(77)35(20-25(2)3)70-46(79)39(62)42(75)26(4)5)48(81)73-41(28(7)89-51(85)55(59,60)61)47(80)66-22-38(74)68-36(45(78)71-37(49(82)83)24-87-50(84)54(56,57)58)21-67-53(86)88-23-33-31-16-11-9-14-29(31)30-15-10-12-17-32(30)33/h9-12,14-17,25-28,33-37,39-42,75H,8,13,18-24,62H2,1-7H3,(H,66,80)(H,67,86)(H,68,74)(H,69,77)(H,70,79)(H,71,78)(H,72,76)(H,73,81)(H,82,83)(H4,63,64,65)/t27-,28-,34+,35-,36-,37-,39-,40-,41-,42+/m0/s1. The van der Waals surface area contributed by atoms with Gasteiger partial charge in [-0.3, -0.25) is 38.6 Å². The minimum atomic E-state index is -5.67. The largest absolute Gasteiger partial charge is 0.490 e. The second-order valence-corrected chi connectivity index (χ2v) is 21.5. The average molecular weight is 1280 g/mol.